The Balaban J connectivity index is 2.11. The quantitative estimate of drug-likeness (QED) is 0.861. The molecule has 5 heteroatoms. The van der Waals surface area contributed by atoms with E-state index in [0.717, 1.165) is 0 Å². The van der Waals surface area contributed by atoms with Gasteiger partial charge in [-0.05, 0) is 29.8 Å². The van der Waals surface area contributed by atoms with E-state index in [4.69, 9.17) is 22.1 Å². The Kier molecular flexibility index (Phi) is 3.67. The van der Waals surface area contributed by atoms with Crippen molar-refractivity contribution in [1.82, 2.24) is 0 Å². The number of halogens is 3. The molecule has 0 aliphatic heterocycles. The molecule has 2 nitrogen and oxygen atoms in total. The summed E-state index contributed by atoms with van der Waals surface area (Å²) >= 11 is 5.83. The van der Waals surface area contributed by atoms with Crippen molar-refractivity contribution in [2.45, 2.75) is 6.61 Å². The van der Waals surface area contributed by atoms with Crippen LogP contribution in [0.5, 0.6) is 5.75 Å². The molecule has 0 aliphatic carbocycles. The summed E-state index contributed by atoms with van der Waals surface area (Å²) in [5, 5.41) is 0.298. The fourth-order valence-corrected chi connectivity index (χ4v) is 1.58. The molecule has 0 amide bonds. The van der Waals surface area contributed by atoms with Crippen molar-refractivity contribution in [2.24, 2.45) is 0 Å². The molecule has 0 atom stereocenters. The topological polar surface area (TPSA) is 35.2 Å². The molecule has 2 N–H and O–H groups in total. The van der Waals surface area contributed by atoms with Gasteiger partial charge >= 0.3 is 0 Å². The Labute approximate surface area is 108 Å². The summed E-state index contributed by atoms with van der Waals surface area (Å²) in [6, 6.07) is 8.15. The molecule has 94 valence electrons. The van der Waals surface area contributed by atoms with Crippen molar-refractivity contribution in [3.8, 4) is 5.75 Å². The number of nitrogens with two attached hydrogens (primary N) is 1. The van der Waals surface area contributed by atoms with Crippen molar-refractivity contribution < 1.29 is 13.5 Å². The first-order chi connectivity index (χ1) is 8.56. The van der Waals surface area contributed by atoms with Crippen molar-refractivity contribution in [3.63, 3.8) is 0 Å². The van der Waals surface area contributed by atoms with Crippen LogP contribution < -0.4 is 10.5 Å². The van der Waals surface area contributed by atoms with Gasteiger partial charge in [0, 0.05) is 6.07 Å². The average molecular weight is 270 g/mol. The van der Waals surface area contributed by atoms with E-state index in [0.29, 0.717) is 10.6 Å². The summed E-state index contributed by atoms with van der Waals surface area (Å²) in [5.74, 6) is -0.742. The Bertz CT molecular complexity index is 575. The Morgan fingerprint density at radius 3 is 2.61 bits per heavy atom. The molecular formula is C13H10ClF2NO. The van der Waals surface area contributed by atoms with Gasteiger partial charge < -0.3 is 10.5 Å². The normalized spacial score (nSPS) is 10.4. The Morgan fingerprint density at radius 1 is 1.11 bits per heavy atom. The number of hydrogen-bond donors (Lipinski definition) is 1. The fourth-order valence-electron chi connectivity index (χ4n) is 1.41. The third kappa shape index (κ3) is 2.90. The highest BCUT2D eigenvalue weighted by molar-refractivity contribution is 6.32. The van der Waals surface area contributed by atoms with E-state index in [1.165, 1.54) is 30.3 Å². The summed E-state index contributed by atoms with van der Waals surface area (Å²) < 4.78 is 31.5. The highest BCUT2D eigenvalue weighted by Gasteiger charge is 2.05. The minimum atomic E-state index is -0.513. The monoisotopic (exact) mass is 269 g/mol. The van der Waals surface area contributed by atoms with E-state index < -0.39 is 11.6 Å². The molecule has 0 unspecified atom stereocenters. The van der Waals surface area contributed by atoms with Gasteiger partial charge in [0.15, 0.2) is 0 Å². The van der Waals surface area contributed by atoms with Gasteiger partial charge in [0.1, 0.15) is 24.0 Å². The molecule has 0 saturated heterocycles. The van der Waals surface area contributed by atoms with E-state index in [1.54, 1.807) is 6.07 Å². The summed E-state index contributed by atoms with van der Waals surface area (Å²) in [6.07, 6.45) is 0. The molecule has 0 aromatic heterocycles. The van der Waals surface area contributed by atoms with Crippen LogP contribution in [0.4, 0.5) is 14.5 Å². The van der Waals surface area contributed by atoms with Crippen molar-refractivity contribution >= 4 is 17.3 Å². The maximum Gasteiger partial charge on any atom is 0.146 e. The van der Waals surface area contributed by atoms with E-state index in [2.05, 4.69) is 0 Å². The largest absolute Gasteiger partial charge is 0.487 e. The lowest BCUT2D eigenvalue weighted by Crippen LogP contribution is -1.98. The minimum absolute atomic E-state index is 0.0718. The molecule has 0 aliphatic rings. The molecule has 18 heavy (non-hydrogen) atoms. The second-order valence-corrected chi connectivity index (χ2v) is 4.13. The zero-order valence-electron chi connectivity index (χ0n) is 9.29. The number of nitrogen functional groups attached to an aromatic ring is 1. The SMILES string of the molecule is Nc1ccc(COc2cc(F)ccc2Cl)cc1F. The van der Waals surface area contributed by atoms with Crippen LogP contribution in [-0.4, -0.2) is 0 Å². The van der Waals surface area contributed by atoms with Gasteiger partial charge in [-0.3, -0.25) is 0 Å². The molecule has 2 aromatic rings. The van der Waals surface area contributed by atoms with E-state index in [1.807, 2.05) is 0 Å². The van der Waals surface area contributed by atoms with Crippen LogP contribution in [0.15, 0.2) is 36.4 Å². The maximum absolute atomic E-state index is 13.2. The maximum atomic E-state index is 13.2. The van der Waals surface area contributed by atoms with Gasteiger partial charge in [-0.25, -0.2) is 8.78 Å². The second kappa shape index (κ2) is 5.23. The van der Waals surface area contributed by atoms with Gasteiger partial charge in [-0.1, -0.05) is 17.7 Å². The number of hydrogen-bond acceptors (Lipinski definition) is 2. The fraction of sp³-hybridized carbons (Fsp3) is 0.0769. The average Bonchev–Trinajstić information content (AvgIpc) is 2.34. The number of rotatable bonds is 3. The third-order valence-corrected chi connectivity index (χ3v) is 2.66. The van der Waals surface area contributed by atoms with Crippen LogP contribution in [0.1, 0.15) is 5.56 Å². The third-order valence-electron chi connectivity index (χ3n) is 2.35. The first-order valence-electron chi connectivity index (χ1n) is 5.18. The first kappa shape index (κ1) is 12.6. The number of benzene rings is 2. The van der Waals surface area contributed by atoms with Crippen LogP contribution in [0.2, 0.25) is 5.02 Å². The minimum Gasteiger partial charge on any atom is -0.487 e. The number of ether oxygens (including phenoxy) is 1. The molecule has 0 spiro atoms. The second-order valence-electron chi connectivity index (χ2n) is 3.72. The molecule has 0 radical (unpaired) electrons. The van der Waals surface area contributed by atoms with Crippen molar-refractivity contribution in [2.75, 3.05) is 5.73 Å². The molecule has 0 fully saturated rings. The van der Waals surface area contributed by atoms with Gasteiger partial charge in [0.05, 0.1) is 10.7 Å². The van der Waals surface area contributed by atoms with Crippen LogP contribution in [0.3, 0.4) is 0 Å². The summed E-state index contributed by atoms with van der Waals surface area (Å²) in [5.41, 5.74) is 6.01. The molecule has 2 aromatic carbocycles. The van der Waals surface area contributed by atoms with E-state index in [9.17, 15) is 8.78 Å². The van der Waals surface area contributed by atoms with Crippen LogP contribution in [0, 0.1) is 11.6 Å². The summed E-state index contributed by atoms with van der Waals surface area (Å²) in [4.78, 5) is 0. The van der Waals surface area contributed by atoms with Crippen LogP contribution in [0.25, 0.3) is 0 Å². The lowest BCUT2D eigenvalue weighted by Gasteiger charge is -2.08. The zero-order chi connectivity index (χ0) is 13.1. The lowest BCUT2D eigenvalue weighted by molar-refractivity contribution is 0.304. The van der Waals surface area contributed by atoms with Gasteiger partial charge in [0.25, 0.3) is 0 Å². The van der Waals surface area contributed by atoms with E-state index in [-0.39, 0.29) is 18.0 Å². The smallest absolute Gasteiger partial charge is 0.146 e. The van der Waals surface area contributed by atoms with Crippen molar-refractivity contribution in [1.29, 1.82) is 0 Å². The summed E-state index contributed by atoms with van der Waals surface area (Å²) in [7, 11) is 0. The molecular weight excluding hydrogens is 260 g/mol. The predicted octanol–water partition coefficient (Wildman–Crippen LogP) is 3.78. The molecule has 0 saturated carbocycles. The van der Waals surface area contributed by atoms with Gasteiger partial charge in [-0.15, -0.1) is 0 Å². The van der Waals surface area contributed by atoms with Crippen LogP contribution in [-0.2, 0) is 6.61 Å². The molecule has 2 rings (SSSR count). The highest BCUT2D eigenvalue weighted by Crippen LogP contribution is 2.26. The standard InChI is InChI=1S/C13H10ClF2NO/c14-10-3-2-9(15)6-13(10)18-7-8-1-4-12(17)11(16)5-8/h1-6H,7,17H2. The first-order valence-corrected chi connectivity index (χ1v) is 5.56. The van der Waals surface area contributed by atoms with Crippen LogP contribution >= 0.6 is 11.6 Å². The molecule has 0 bridgehead atoms. The van der Waals surface area contributed by atoms with Crippen molar-refractivity contribution in [3.05, 3.63) is 58.6 Å². The number of anilines is 1. The highest BCUT2D eigenvalue weighted by atomic mass is 35.5. The van der Waals surface area contributed by atoms with E-state index >= 15 is 0 Å². The van der Waals surface area contributed by atoms with Gasteiger partial charge in [0.2, 0.25) is 0 Å². The van der Waals surface area contributed by atoms with Gasteiger partial charge in [-0.2, -0.15) is 0 Å². The predicted molar refractivity (Wildman–Crippen MR) is 66.6 cm³/mol. The lowest BCUT2D eigenvalue weighted by atomic mass is 10.2. The Hall–Kier alpha value is -1.81. The zero-order valence-corrected chi connectivity index (χ0v) is 10.0. The Morgan fingerprint density at radius 2 is 1.89 bits per heavy atom. The summed E-state index contributed by atoms with van der Waals surface area (Å²) in [6.45, 7) is 0.0837. The molecule has 0 heterocycles.